The van der Waals surface area contributed by atoms with E-state index in [4.69, 9.17) is 0 Å². The van der Waals surface area contributed by atoms with Gasteiger partial charge in [-0.3, -0.25) is 4.79 Å². The number of unbranched alkanes of at least 4 members (excludes halogenated alkanes) is 5. The molecule has 0 aromatic rings. The van der Waals surface area contributed by atoms with Gasteiger partial charge in [0, 0.05) is 0 Å². The summed E-state index contributed by atoms with van der Waals surface area (Å²) in [7, 11) is 0. The Morgan fingerprint density at radius 1 is 1.00 bits per heavy atom. The number of rotatable bonds is 10. The third-order valence-corrected chi connectivity index (χ3v) is 2.09. The molecule has 0 bridgehead atoms. The maximum absolute atomic E-state index is 9.80. The summed E-state index contributed by atoms with van der Waals surface area (Å²) in [5.74, 6) is 0. The highest BCUT2D eigenvalue weighted by Gasteiger charge is 1.85. The van der Waals surface area contributed by atoms with Gasteiger partial charge in [0.25, 0.3) is 6.47 Å². The zero-order chi connectivity index (χ0) is 10.5. The molecule has 0 unspecified atom stereocenters. The number of carbonyl (C=O) groups excluding carboxylic acids is 1. The molecule has 0 heterocycles. The molecule has 0 fully saturated rings. The topological polar surface area (TPSA) is 26.3 Å². The van der Waals surface area contributed by atoms with E-state index in [2.05, 4.69) is 23.8 Å². The van der Waals surface area contributed by atoms with Crippen molar-refractivity contribution in [3.05, 3.63) is 12.2 Å². The minimum Gasteiger partial charge on any atom is -0.468 e. The Morgan fingerprint density at radius 3 is 2.36 bits per heavy atom. The summed E-state index contributed by atoms with van der Waals surface area (Å²) in [5.41, 5.74) is 0. The van der Waals surface area contributed by atoms with Crippen LogP contribution in [-0.2, 0) is 9.53 Å². The monoisotopic (exact) mass is 198 g/mol. The molecule has 0 radical (unpaired) electrons. The average molecular weight is 198 g/mol. The van der Waals surface area contributed by atoms with E-state index in [-0.39, 0.29) is 0 Å². The minimum atomic E-state index is 0.508. The second-order valence-electron chi connectivity index (χ2n) is 3.43. The van der Waals surface area contributed by atoms with Gasteiger partial charge < -0.3 is 4.74 Å². The number of allylic oxidation sites excluding steroid dienone is 2. The highest BCUT2D eigenvalue weighted by Crippen LogP contribution is 2.03. The second kappa shape index (κ2) is 12.2. The predicted molar refractivity (Wildman–Crippen MR) is 59.1 cm³/mol. The van der Waals surface area contributed by atoms with Crippen molar-refractivity contribution in [3.63, 3.8) is 0 Å². The molecule has 0 rings (SSSR count). The van der Waals surface area contributed by atoms with Gasteiger partial charge in [0.2, 0.25) is 0 Å². The summed E-state index contributed by atoms with van der Waals surface area (Å²) < 4.78 is 4.58. The third kappa shape index (κ3) is 11.2. The summed E-state index contributed by atoms with van der Waals surface area (Å²) in [4.78, 5) is 9.80. The Labute approximate surface area is 87.3 Å². The molecule has 0 amide bonds. The molecule has 0 aliphatic rings. The van der Waals surface area contributed by atoms with Gasteiger partial charge in [-0.05, 0) is 25.7 Å². The highest BCUT2D eigenvalue weighted by atomic mass is 16.5. The van der Waals surface area contributed by atoms with Gasteiger partial charge in [-0.15, -0.1) is 0 Å². The van der Waals surface area contributed by atoms with Crippen LogP contribution in [0.1, 0.15) is 51.9 Å². The van der Waals surface area contributed by atoms with Crippen LogP contribution < -0.4 is 0 Å². The molecular formula is C12H22O2. The van der Waals surface area contributed by atoms with Gasteiger partial charge in [-0.2, -0.15) is 0 Å². The first-order chi connectivity index (χ1) is 6.91. The molecule has 2 heteroatoms. The Balaban J connectivity index is 2.99. The predicted octanol–water partition coefficient (Wildman–Crippen LogP) is 3.47. The highest BCUT2D eigenvalue weighted by molar-refractivity contribution is 5.36. The standard InChI is InChI=1S/C12H22O2/c1-2-3-4-5-6-7-8-9-10-11-14-12-13/h7-8,12H,2-6,9-11H2,1H3/b8-7+. The van der Waals surface area contributed by atoms with Gasteiger partial charge >= 0.3 is 0 Å². The molecular weight excluding hydrogens is 176 g/mol. The maximum atomic E-state index is 9.80. The average Bonchev–Trinajstić information content (AvgIpc) is 2.21. The molecule has 82 valence electrons. The third-order valence-electron chi connectivity index (χ3n) is 2.09. The summed E-state index contributed by atoms with van der Waals surface area (Å²) in [6.45, 7) is 3.28. The molecule has 0 spiro atoms. The fraction of sp³-hybridized carbons (Fsp3) is 0.750. The Bertz CT molecular complexity index is 141. The molecule has 0 aromatic heterocycles. The largest absolute Gasteiger partial charge is 0.468 e. The van der Waals surface area contributed by atoms with Crippen molar-refractivity contribution in [2.24, 2.45) is 0 Å². The van der Waals surface area contributed by atoms with Crippen LogP contribution in [0.15, 0.2) is 12.2 Å². The Hall–Kier alpha value is -0.790. The SMILES string of the molecule is CCCCCC/C=C/CCCOC=O. The Kier molecular flexibility index (Phi) is 11.5. The number of carbonyl (C=O) groups is 1. The van der Waals surface area contributed by atoms with Crippen LogP contribution in [0.3, 0.4) is 0 Å². The van der Waals surface area contributed by atoms with Crippen molar-refractivity contribution < 1.29 is 9.53 Å². The van der Waals surface area contributed by atoms with E-state index in [1.165, 1.54) is 32.1 Å². The molecule has 0 saturated heterocycles. The fourth-order valence-corrected chi connectivity index (χ4v) is 1.26. The van der Waals surface area contributed by atoms with Gasteiger partial charge in [-0.1, -0.05) is 38.3 Å². The first kappa shape index (κ1) is 13.2. The van der Waals surface area contributed by atoms with Crippen LogP contribution in [-0.4, -0.2) is 13.1 Å². The zero-order valence-corrected chi connectivity index (χ0v) is 9.21. The van der Waals surface area contributed by atoms with Crippen LogP contribution in [0.2, 0.25) is 0 Å². The first-order valence-electron chi connectivity index (χ1n) is 5.62. The van der Waals surface area contributed by atoms with Crippen molar-refractivity contribution in [1.29, 1.82) is 0 Å². The molecule has 0 atom stereocenters. The zero-order valence-electron chi connectivity index (χ0n) is 9.21. The number of hydrogen-bond donors (Lipinski definition) is 0. The van der Waals surface area contributed by atoms with E-state index in [1.807, 2.05) is 0 Å². The van der Waals surface area contributed by atoms with E-state index < -0.39 is 0 Å². The Morgan fingerprint density at radius 2 is 1.71 bits per heavy atom. The van der Waals surface area contributed by atoms with E-state index in [0.717, 1.165) is 12.8 Å². The maximum Gasteiger partial charge on any atom is 0.293 e. The van der Waals surface area contributed by atoms with Crippen molar-refractivity contribution >= 4 is 6.47 Å². The second-order valence-corrected chi connectivity index (χ2v) is 3.43. The summed E-state index contributed by atoms with van der Waals surface area (Å²) in [6, 6.07) is 0. The van der Waals surface area contributed by atoms with Crippen molar-refractivity contribution in [3.8, 4) is 0 Å². The lowest BCUT2D eigenvalue weighted by atomic mass is 10.1. The fourth-order valence-electron chi connectivity index (χ4n) is 1.26. The molecule has 0 aliphatic heterocycles. The minimum absolute atomic E-state index is 0.508. The van der Waals surface area contributed by atoms with Crippen LogP contribution >= 0.6 is 0 Å². The quantitative estimate of drug-likeness (QED) is 0.305. The van der Waals surface area contributed by atoms with Crippen molar-refractivity contribution in [2.45, 2.75) is 51.9 Å². The molecule has 0 saturated carbocycles. The lowest BCUT2D eigenvalue weighted by Gasteiger charge is -1.95. The molecule has 0 aliphatic carbocycles. The van der Waals surface area contributed by atoms with Gasteiger partial charge in [0.1, 0.15) is 0 Å². The number of hydrogen-bond acceptors (Lipinski definition) is 2. The van der Waals surface area contributed by atoms with E-state index in [0.29, 0.717) is 13.1 Å². The van der Waals surface area contributed by atoms with E-state index in [9.17, 15) is 4.79 Å². The van der Waals surface area contributed by atoms with Crippen molar-refractivity contribution in [2.75, 3.05) is 6.61 Å². The lowest BCUT2D eigenvalue weighted by Crippen LogP contribution is -1.89. The summed E-state index contributed by atoms with van der Waals surface area (Å²) in [5, 5.41) is 0. The van der Waals surface area contributed by atoms with E-state index >= 15 is 0 Å². The molecule has 14 heavy (non-hydrogen) atoms. The van der Waals surface area contributed by atoms with Crippen LogP contribution in [0.4, 0.5) is 0 Å². The number of ether oxygens (including phenoxy) is 1. The van der Waals surface area contributed by atoms with Crippen LogP contribution in [0.25, 0.3) is 0 Å². The molecule has 0 N–H and O–H groups in total. The van der Waals surface area contributed by atoms with E-state index in [1.54, 1.807) is 0 Å². The summed E-state index contributed by atoms with van der Waals surface area (Å²) in [6.07, 6.45) is 12.8. The molecule has 2 nitrogen and oxygen atoms in total. The summed E-state index contributed by atoms with van der Waals surface area (Å²) >= 11 is 0. The van der Waals surface area contributed by atoms with Crippen LogP contribution in [0.5, 0.6) is 0 Å². The van der Waals surface area contributed by atoms with Gasteiger partial charge in [0.15, 0.2) is 0 Å². The lowest BCUT2D eigenvalue weighted by molar-refractivity contribution is -0.128. The van der Waals surface area contributed by atoms with Gasteiger partial charge in [0.05, 0.1) is 6.61 Å². The molecule has 0 aromatic carbocycles. The van der Waals surface area contributed by atoms with Gasteiger partial charge in [-0.25, -0.2) is 0 Å². The van der Waals surface area contributed by atoms with Crippen molar-refractivity contribution in [1.82, 2.24) is 0 Å². The first-order valence-corrected chi connectivity index (χ1v) is 5.62. The normalized spacial score (nSPS) is 10.6. The van der Waals surface area contributed by atoms with Crippen LogP contribution in [0, 0.1) is 0 Å². The smallest absolute Gasteiger partial charge is 0.293 e.